The van der Waals surface area contributed by atoms with Gasteiger partial charge in [-0.3, -0.25) is 19.4 Å². The number of hydrogen-bond acceptors (Lipinski definition) is 10. The van der Waals surface area contributed by atoms with Gasteiger partial charge in [0.25, 0.3) is 0 Å². The summed E-state index contributed by atoms with van der Waals surface area (Å²) in [5, 5.41) is 16.4. The minimum atomic E-state index is -1.03. The molecule has 1 N–H and O–H groups in total. The van der Waals surface area contributed by atoms with Crippen molar-refractivity contribution in [1.29, 1.82) is 0 Å². The molecule has 1 amide bonds. The molecule has 0 atom stereocenters. The Hall–Kier alpha value is -5.27. The van der Waals surface area contributed by atoms with E-state index in [1.165, 1.54) is 18.1 Å². The molecule has 0 radical (unpaired) electrons. The second kappa shape index (κ2) is 14.8. The highest BCUT2D eigenvalue weighted by Gasteiger charge is 2.31. The summed E-state index contributed by atoms with van der Waals surface area (Å²) >= 11 is 0. The summed E-state index contributed by atoms with van der Waals surface area (Å²) in [7, 11) is 0. The lowest BCUT2D eigenvalue weighted by molar-refractivity contribution is -0.129. The Morgan fingerprint density at radius 3 is 2.48 bits per heavy atom. The van der Waals surface area contributed by atoms with Crippen molar-refractivity contribution in [1.82, 2.24) is 34.6 Å². The van der Waals surface area contributed by atoms with Crippen molar-refractivity contribution in [2.75, 3.05) is 44.4 Å². The predicted octanol–water partition coefficient (Wildman–Crippen LogP) is 5.34. The summed E-state index contributed by atoms with van der Waals surface area (Å²) in [4.78, 5) is 45.5. The second-order valence-corrected chi connectivity index (χ2v) is 13.9. The number of hydrogen-bond donors (Lipinski definition) is 1. The fourth-order valence-corrected chi connectivity index (χ4v) is 7.58. The SMILES string of the molecule is CC(=O)N1CCc2c(c(-c3cccc4cc(-c5ccc(COCC6CCN(c7ncc(C(=O)O)cn7)CC6)nc5)ncc34)nn2C2CCOCC2)C1. The fourth-order valence-electron chi connectivity index (χ4n) is 7.58. The normalized spacial score (nSPS) is 17.0. The van der Waals surface area contributed by atoms with E-state index in [0.717, 1.165) is 103 Å². The lowest BCUT2D eigenvalue weighted by atomic mass is 9.96. The standard InChI is InChI=1S/C39H42N8O5/c1-25(48)46-14-9-36-34(22-46)37(44-47(36)31-10-15-51-16-11-31)32-4-2-3-27-17-35(41-21-33(27)32)28-5-6-30(40-18-28)24-52-23-26-7-12-45(13-8-26)39-42-19-29(20-43-39)38(49)50/h2-6,17-21,26,31H,7-16,22-24H2,1H3,(H,49,50). The fraction of sp³-hybridized carbons (Fsp3) is 0.410. The number of piperidine rings is 1. The quantitative estimate of drug-likeness (QED) is 0.212. The van der Waals surface area contributed by atoms with Crippen molar-refractivity contribution in [2.24, 2.45) is 5.92 Å². The van der Waals surface area contributed by atoms with E-state index >= 15 is 0 Å². The molecule has 5 aromatic rings. The summed E-state index contributed by atoms with van der Waals surface area (Å²) in [5.74, 6) is 0.0476. The third-order valence-corrected chi connectivity index (χ3v) is 10.6. The van der Waals surface area contributed by atoms with Crippen molar-refractivity contribution < 1.29 is 24.2 Å². The number of benzene rings is 1. The van der Waals surface area contributed by atoms with Gasteiger partial charge in [-0.15, -0.1) is 0 Å². The first-order chi connectivity index (χ1) is 25.4. The van der Waals surface area contributed by atoms with Crippen LogP contribution in [0, 0.1) is 5.92 Å². The third-order valence-electron chi connectivity index (χ3n) is 10.6. The average molecular weight is 703 g/mol. The number of fused-ring (bicyclic) bond motifs is 2. The van der Waals surface area contributed by atoms with Crippen LogP contribution >= 0.6 is 0 Å². The average Bonchev–Trinajstić information content (AvgIpc) is 3.57. The van der Waals surface area contributed by atoms with E-state index in [1.54, 1.807) is 6.92 Å². The van der Waals surface area contributed by atoms with Gasteiger partial charge in [0.1, 0.15) is 0 Å². The number of nitrogens with zero attached hydrogens (tertiary/aromatic N) is 8. The molecule has 2 saturated heterocycles. The predicted molar refractivity (Wildman–Crippen MR) is 194 cm³/mol. The molecule has 268 valence electrons. The second-order valence-electron chi connectivity index (χ2n) is 13.9. The van der Waals surface area contributed by atoms with Gasteiger partial charge >= 0.3 is 5.97 Å². The number of carbonyl (C=O) groups excluding carboxylic acids is 1. The van der Waals surface area contributed by atoms with Gasteiger partial charge in [0.05, 0.1) is 41.9 Å². The van der Waals surface area contributed by atoms with Crippen LogP contribution in [0.5, 0.6) is 0 Å². The van der Waals surface area contributed by atoms with Gasteiger partial charge < -0.3 is 24.4 Å². The van der Waals surface area contributed by atoms with Gasteiger partial charge in [0, 0.05) is 105 Å². The van der Waals surface area contributed by atoms with Crippen LogP contribution in [0.2, 0.25) is 0 Å². The molecule has 3 aliphatic heterocycles. The molecular formula is C39H42N8O5. The molecule has 3 aliphatic rings. The molecule has 8 rings (SSSR count). The molecule has 0 aliphatic carbocycles. The molecule has 52 heavy (non-hydrogen) atoms. The van der Waals surface area contributed by atoms with Crippen LogP contribution in [0.4, 0.5) is 5.95 Å². The van der Waals surface area contributed by atoms with Crippen molar-refractivity contribution in [3.63, 3.8) is 0 Å². The number of pyridine rings is 2. The van der Waals surface area contributed by atoms with Crippen molar-refractivity contribution in [2.45, 2.75) is 58.2 Å². The highest BCUT2D eigenvalue weighted by atomic mass is 16.5. The lowest BCUT2D eigenvalue weighted by Crippen LogP contribution is -2.36. The van der Waals surface area contributed by atoms with E-state index in [4.69, 9.17) is 24.7 Å². The minimum Gasteiger partial charge on any atom is -0.478 e. The molecule has 0 unspecified atom stereocenters. The van der Waals surface area contributed by atoms with Gasteiger partial charge in [-0.2, -0.15) is 5.10 Å². The maximum Gasteiger partial charge on any atom is 0.338 e. The maximum absolute atomic E-state index is 12.4. The van der Waals surface area contributed by atoms with Crippen molar-refractivity contribution in [3.05, 3.63) is 83.7 Å². The number of aromatic nitrogens is 6. The largest absolute Gasteiger partial charge is 0.478 e. The van der Waals surface area contributed by atoms with Crippen LogP contribution in [0.1, 0.15) is 66.0 Å². The van der Waals surface area contributed by atoms with Crippen LogP contribution in [0.25, 0.3) is 33.3 Å². The zero-order valence-electron chi connectivity index (χ0n) is 29.3. The van der Waals surface area contributed by atoms with Crippen LogP contribution in [0.3, 0.4) is 0 Å². The number of carboxylic acid groups (broad SMARTS) is 1. The highest BCUT2D eigenvalue weighted by molar-refractivity contribution is 5.97. The summed E-state index contributed by atoms with van der Waals surface area (Å²) in [5.41, 5.74) is 7.06. The van der Waals surface area contributed by atoms with Crippen LogP contribution in [-0.2, 0) is 33.8 Å². The number of amides is 1. The van der Waals surface area contributed by atoms with E-state index in [-0.39, 0.29) is 11.5 Å². The molecule has 0 saturated carbocycles. The Balaban J connectivity index is 0.926. The number of carbonyl (C=O) groups is 2. The van der Waals surface area contributed by atoms with Crippen LogP contribution < -0.4 is 4.90 Å². The Labute approximate surface area is 301 Å². The maximum atomic E-state index is 12.4. The molecule has 4 aromatic heterocycles. The summed E-state index contributed by atoms with van der Waals surface area (Å²) < 4.78 is 14.0. The first-order valence-corrected chi connectivity index (χ1v) is 18.1. The van der Waals surface area contributed by atoms with Gasteiger partial charge in [0.15, 0.2) is 0 Å². The van der Waals surface area contributed by atoms with Crippen molar-refractivity contribution >= 4 is 28.6 Å². The monoisotopic (exact) mass is 702 g/mol. The topological polar surface area (TPSA) is 149 Å². The van der Waals surface area contributed by atoms with E-state index in [0.29, 0.717) is 44.2 Å². The Morgan fingerprint density at radius 1 is 0.942 bits per heavy atom. The van der Waals surface area contributed by atoms with Crippen LogP contribution in [-0.4, -0.2) is 91.1 Å². The minimum absolute atomic E-state index is 0.0859. The molecule has 13 nitrogen and oxygen atoms in total. The van der Waals surface area contributed by atoms with E-state index < -0.39 is 5.97 Å². The van der Waals surface area contributed by atoms with E-state index in [9.17, 15) is 9.59 Å². The number of aromatic carboxylic acids is 1. The number of ether oxygens (including phenoxy) is 2. The molecular weight excluding hydrogens is 660 g/mol. The number of carboxylic acids is 1. The van der Waals surface area contributed by atoms with Gasteiger partial charge in [-0.25, -0.2) is 14.8 Å². The first kappa shape index (κ1) is 33.9. The molecule has 7 heterocycles. The number of anilines is 1. The first-order valence-electron chi connectivity index (χ1n) is 18.1. The van der Waals surface area contributed by atoms with Crippen LogP contribution in [0.15, 0.2) is 61.2 Å². The Bertz CT molecular complexity index is 2070. The third kappa shape index (κ3) is 6.98. The molecule has 1 aromatic carbocycles. The Morgan fingerprint density at radius 2 is 1.75 bits per heavy atom. The smallest absolute Gasteiger partial charge is 0.338 e. The summed E-state index contributed by atoms with van der Waals surface area (Å²) in [6, 6.07) is 12.7. The van der Waals surface area contributed by atoms with Crippen molar-refractivity contribution in [3.8, 4) is 22.5 Å². The Kier molecular flexibility index (Phi) is 9.61. The lowest BCUT2D eigenvalue weighted by Gasteiger charge is -2.31. The van der Waals surface area contributed by atoms with E-state index in [1.807, 2.05) is 29.4 Å². The van der Waals surface area contributed by atoms with E-state index in [2.05, 4.69) is 48.8 Å². The van der Waals surface area contributed by atoms with Gasteiger partial charge in [-0.05, 0) is 55.2 Å². The molecule has 0 bridgehead atoms. The molecule has 13 heteroatoms. The zero-order valence-corrected chi connectivity index (χ0v) is 29.3. The molecule has 2 fully saturated rings. The summed E-state index contributed by atoms with van der Waals surface area (Å²) in [6.45, 7) is 7.07. The zero-order chi connectivity index (χ0) is 35.6. The number of rotatable bonds is 9. The molecule has 0 spiro atoms. The highest BCUT2D eigenvalue weighted by Crippen LogP contribution is 2.37. The summed E-state index contributed by atoms with van der Waals surface area (Å²) in [6.07, 6.45) is 11.1. The van der Waals surface area contributed by atoms with Gasteiger partial charge in [0.2, 0.25) is 11.9 Å². The van der Waals surface area contributed by atoms with Gasteiger partial charge in [-0.1, -0.05) is 18.2 Å².